The molecule has 6 nitrogen and oxygen atoms in total. The minimum atomic E-state index is -0.00753. The number of carbonyl (C=O) groups excluding carboxylic acids is 1. The molecule has 5 rings (SSSR count). The summed E-state index contributed by atoms with van der Waals surface area (Å²) in [7, 11) is 0. The molecule has 0 aliphatic carbocycles. The molecule has 3 aromatic heterocycles. The van der Waals surface area contributed by atoms with E-state index in [0.717, 1.165) is 52.5 Å². The van der Waals surface area contributed by atoms with E-state index in [1.165, 1.54) is 0 Å². The molecule has 146 valence electrons. The number of thiazole rings is 2. The van der Waals surface area contributed by atoms with Crippen LogP contribution in [0.2, 0.25) is 0 Å². The van der Waals surface area contributed by atoms with Gasteiger partial charge in [0.2, 0.25) is 0 Å². The van der Waals surface area contributed by atoms with Gasteiger partial charge in [-0.05, 0) is 43.2 Å². The van der Waals surface area contributed by atoms with Gasteiger partial charge in [0.25, 0.3) is 5.91 Å². The maximum Gasteiger partial charge on any atom is 0.251 e. The van der Waals surface area contributed by atoms with Gasteiger partial charge >= 0.3 is 0 Å². The lowest BCUT2D eigenvalue weighted by molar-refractivity contribution is 0.0931. The summed E-state index contributed by atoms with van der Waals surface area (Å²) in [5, 5.41) is 6.30. The zero-order chi connectivity index (χ0) is 19.6. The van der Waals surface area contributed by atoms with Crippen LogP contribution in [-0.2, 0) is 0 Å². The maximum absolute atomic E-state index is 12.6. The van der Waals surface area contributed by atoms with Crippen LogP contribution in [0, 0.1) is 0 Å². The van der Waals surface area contributed by atoms with Gasteiger partial charge in [-0.25, -0.2) is 9.97 Å². The largest absolute Gasteiger partial charge is 0.349 e. The Hall–Kier alpha value is -2.84. The molecule has 0 radical (unpaired) electrons. The minimum absolute atomic E-state index is 0.00753. The molecule has 1 saturated heterocycles. The summed E-state index contributed by atoms with van der Waals surface area (Å²) in [6.07, 6.45) is 5.43. The Morgan fingerprint density at radius 1 is 1.17 bits per heavy atom. The van der Waals surface area contributed by atoms with Crippen LogP contribution in [0.3, 0.4) is 0 Å². The van der Waals surface area contributed by atoms with Crippen LogP contribution in [0.5, 0.6) is 0 Å². The average Bonchev–Trinajstić information content (AvgIpc) is 3.44. The zero-order valence-electron chi connectivity index (χ0n) is 15.6. The molecule has 1 aliphatic rings. The van der Waals surface area contributed by atoms with Crippen molar-refractivity contribution in [2.75, 3.05) is 18.0 Å². The third-order valence-electron chi connectivity index (χ3n) is 5.14. The standard InChI is InChI=1S/C21H19N5OS2/c27-20(14-3-4-17-19(10-14)29-13-23-17)24-16-5-8-26(9-6-16)21-25-18(12-28-21)15-2-1-7-22-11-15/h1-4,7,10-13,16H,5-6,8-9H2,(H,24,27). The van der Waals surface area contributed by atoms with Gasteiger partial charge in [-0.1, -0.05) is 0 Å². The monoisotopic (exact) mass is 421 g/mol. The Morgan fingerprint density at radius 3 is 2.90 bits per heavy atom. The average molecular weight is 422 g/mol. The molecule has 0 saturated carbocycles. The normalized spacial score (nSPS) is 15.0. The number of nitrogens with zero attached hydrogens (tertiary/aromatic N) is 4. The number of hydrogen-bond donors (Lipinski definition) is 1. The predicted octanol–water partition coefficient (Wildman–Crippen LogP) is 4.21. The number of pyridine rings is 1. The highest BCUT2D eigenvalue weighted by atomic mass is 32.1. The van der Waals surface area contributed by atoms with Crippen molar-refractivity contribution in [3.8, 4) is 11.3 Å². The second-order valence-electron chi connectivity index (χ2n) is 7.03. The number of hydrogen-bond acceptors (Lipinski definition) is 7. The van der Waals surface area contributed by atoms with E-state index in [0.29, 0.717) is 5.56 Å². The summed E-state index contributed by atoms with van der Waals surface area (Å²) in [5.74, 6) is -0.00753. The second kappa shape index (κ2) is 7.88. The maximum atomic E-state index is 12.6. The summed E-state index contributed by atoms with van der Waals surface area (Å²) in [5.41, 5.74) is 5.45. The first-order chi connectivity index (χ1) is 14.3. The van der Waals surface area contributed by atoms with E-state index < -0.39 is 0 Å². The minimum Gasteiger partial charge on any atom is -0.349 e. The number of benzene rings is 1. The number of nitrogens with one attached hydrogen (secondary N) is 1. The van der Waals surface area contributed by atoms with Crippen molar-refractivity contribution in [3.63, 3.8) is 0 Å². The number of carbonyl (C=O) groups is 1. The highest BCUT2D eigenvalue weighted by molar-refractivity contribution is 7.16. The van der Waals surface area contributed by atoms with Crippen molar-refractivity contribution in [3.05, 3.63) is 59.2 Å². The van der Waals surface area contributed by atoms with Crippen molar-refractivity contribution in [2.45, 2.75) is 18.9 Å². The molecule has 0 atom stereocenters. The lowest BCUT2D eigenvalue weighted by Crippen LogP contribution is -2.44. The molecule has 4 aromatic rings. The fraction of sp³-hybridized carbons (Fsp3) is 0.238. The molecule has 1 aliphatic heterocycles. The van der Waals surface area contributed by atoms with Gasteiger partial charge in [0.15, 0.2) is 5.13 Å². The first kappa shape index (κ1) is 18.2. The molecular weight excluding hydrogens is 402 g/mol. The lowest BCUT2D eigenvalue weighted by Gasteiger charge is -2.32. The zero-order valence-corrected chi connectivity index (χ0v) is 17.2. The molecule has 1 amide bonds. The molecule has 8 heteroatoms. The molecule has 29 heavy (non-hydrogen) atoms. The van der Waals surface area contributed by atoms with Crippen molar-refractivity contribution in [2.24, 2.45) is 0 Å². The van der Waals surface area contributed by atoms with E-state index in [4.69, 9.17) is 4.98 Å². The van der Waals surface area contributed by atoms with Crippen molar-refractivity contribution >= 4 is 43.9 Å². The first-order valence-electron chi connectivity index (χ1n) is 9.51. The third-order valence-corrected chi connectivity index (χ3v) is 6.84. The van der Waals surface area contributed by atoms with Crippen molar-refractivity contribution in [1.82, 2.24) is 20.3 Å². The van der Waals surface area contributed by atoms with Crippen LogP contribution < -0.4 is 10.2 Å². The van der Waals surface area contributed by atoms with Crippen LogP contribution in [-0.4, -0.2) is 40.0 Å². The fourth-order valence-electron chi connectivity index (χ4n) is 3.54. The molecule has 0 spiro atoms. The summed E-state index contributed by atoms with van der Waals surface area (Å²) in [4.78, 5) is 28.1. The van der Waals surface area contributed by atoms with Crippen molar-refractivity contribution < 1.29 is 4.79 Å². The van der Waals surface area contributed by atoms with Crippen LogP contribution in [0.25, 0.3) is 21.5 Å². The second-order valence-corrected chi connectivity index (χ2v) is 8.75. The molecule has 1 fully saturated rings. The molecular formula is C21H19N5OS2. The summed E-state index contributed by atoms with van der Waals surface area (Å²) in [6, 6.07) is 9.82. The van der Waals surface area contributed by atoms with Crippen LogP contribution in [0.15, 0.2) is 53.6 Å². The molecule has 0 bridgehead atoms. The van der Waals surface area contributed by atoms with Gasteiger partial charge in [0.1, 0.15) is 0 Å². The van der Waals surface area contributed by atoms with Crippen LogP contribution >= 0.6 is 22.7 Å². The summed E-state index contributed by atoms with van der Waals surface area (Å²) < 4.78 is 1.04. The van der Waals surface area contributed by atoms with Crippen molar-refractivity contribution in [1.29, 1.82) is 0 Å². The highest BCUT2D eigenvalue weighted by Gasteiger charge is 2.23. The number of rotatable bonds is 4. The van der Waals surface area contributed by atoms with E-state index in [9.17, 15) is 4.79 Å². The van der Waals surface area contributed by atoms with Crippen LogP contribution in [0.4, 0.5) is 5.13 Å². The smallest absolute Gasteiger partial charge is 0.251 e. The SMILES string of the molecule is O=C(NC1CCN(c2nc(-c3cccnc3)cs2)CC1)c1ccc2ncsc2c1. The summed E-state index contributed by atoms with van der Waals surface area (Å²) in [6.45, 7) is 1.78. The quantitative estimate of drug-likeness (QED) is 0.534. The van der Waals surface area contributed by atoms with E-state index in [1.807, 2.05) is 36.5 Å². The predicted molar refractivity (Wildman–Crippen MR) is 118 cm³/mol. The molecule has 1 aromatic carbocycles. The Bertz CT molecular complexity index is 1130. The fourth-order valence-corrected chi connectivity index (χ4v) is 5.14. The third kappa shape index (κ3) is 3.86. The van der Waals surface area contributed by atoms with Gasteiger partial charge in [-0.3, -0.25) is 9.78 Å². The van der Waals surface area contributed by atoms with Gasteiger partial charge in [-0.2, -0.15) is 0 Å². The Morgan fingerprint density at radius 2 is 2.07 bits per heavy atom. The molecule has 0 unspecified atom stereocenters. The first-order valence-corrected chi connectivity index (χ1v) is 11.3. The number of aromatic nitrogens is 3. The lowest BCUT2D eigenvalue weighted by atomic mass is 10.0. The van der Waals surface area contributed by atoms with E-state index in [2.05, 4.69) is 25.6 Å². The Kier molecular flexibility index (Phi) is 4.95. The van der Waals surface area contributed by atoms with Gasteiger partial charge < -0.3 is 10.2 Å². The number of fused-ring (bicyclic) bond motifs is 1. The highest BCUT2D eigenvalue weighted by Crippen LogP contribution is 2.29. The van der Waals surface area contributed by atoms with E-state index >= 15 is 0 Å². The Balaban J connectivity index is 1.19. The molecule has 4 heterocycles. The summed E-state index contributed by atoms with van der Waals surface area (Å²) >= 11 is 3.22. The van der Waals surface area contributed by atoms with Gasteiger partial charge in [-0.15, -0.1) is 22.7 Å². The van der Waals surface area contributed by atoms with Gasteiger partial charge in [0.05, 0.1) is 21.4 Å². The van der Waals surface area contributed by atoms with E-state index in [-0.39, 0.29) is 11.9 Å². The number of piperidine rings is 1. The van der Waals surface area contributed by atoms with Crippen LogP contribution in [0.1, 0.15) is 23.2 Å². The Labute approximate surface area is 176 Å². The topological polar surface area (TPSA) is 71.0 Å². The van der Waals surface area contributed by atoms with Gasteiger partial charge in [0, 0.05) is 48.0 Å². The molecule has 1 N–H and O–H groups in total. The number of anilines is 1. The van der Waals surface area contributed by atoms with E-state index in [1.54, 1.807) is 34.4 Å². The number of amides is 1.